The van der Waals surface area contributed by atoms with Crippen LogP contribution >= 0.6 is 27.7 Å². The Balaban J connectivity index is 1.87. The molecule has 1 aromatic carbocycles. The maximum atomic E-state index is 12.0. The van der Waals surface area contributed by atoms with Gasteiger partial charge in [-0.1, -0.05) is 12.1 Å². The minimum absolute atomic E-state index is 0.276. The smallest absolute Gasteiger partial charge is 0.340 e. The van der Waals surface area contributed by atoms with Gasteiger partial charge in [0.2, 0.25) is 0 Å². The lowest BCUT2D eigenvalue weighted by atomic mass is 10.2. The van der Waals surface area contributed by atoms with Gasteiger partial charge < -0.3 is 14.5 Å². The van der Waals surface area contributed by atoms with Crippen LogP contribution in [-0.4, -0.2) is 24.2 Å². The zero-order chi connectivity index (χ0) is 17.1. The molecule has 3 rings (SSSR count). The quantitative estimate of drug-likeness (QED) is 0.620. The highest BCUT2D eigenvalue weighted by atomic mass is 79.9. The van der Waals surface area contributed by atoms with Gasteiger partial charge >= 0.3 is 5.97 Å². The number of thioether (sulfide) groups is 1. The first-order valence-electron chi connectivity index (χ1n) is 6.79. The van der Waals surface area contributed by atoms with Gasteiger partial charge in [-0.05, 0) is 52.0 Å². The fourth-order valence-corrected chi connectivity index (χ4v) is 3.11. The van der Waals surface area contributed by atoms with Gasteiger partial charge in [-0.3, -0.25) is 4.79 Å². The maximum absolute atomic E-state index is 12.0. The van der Waals surface area contributed by atoms with Crippen molar-refractivity contribution in [3.63, 3.8) is 0 Å². The molecule has 1 N–H and O–H groups in total. The number of para-hydroxylation sites is 1. The van der Waals surface area contributed by atoms with Gasteiger partial charge in [-0.25, -0.2) is 9.79 Å². The van der Waals surface area contributed by atoms with Crippen molar-refractivity contribution in [2.24, 2.45) is 4.99 Å². The number of rotatable bonds is 3. The molecule has 1 aliphatic heterocycles. The van der Waals surface area contributed by atoms with Crippen molar-refractivity contribution >= 4 is 56.5 Å². The van der Waals surface area contributed by atoms with E-state index in [4.69, 9.17) is 9.15 Å². The number of furan rings is 1. The SMILES string of the molecule is COC(=O)c1ccccc1N=C1NC(=O)/C(=C\c2ccc(Br)o2)S1. The molecular weight excluding hydrogens is 396 g/mol. The molecule has 2 aromatic rings. The number of halogens is 1. The van der Waals surface area contributed by atoms with Crippen molar-refractivity contribution < 1.29 is 18.7 Å². The van der Waals surface area contributed by atoms with Crippen molar-refractivity contribution in [2.45, 2.75) is 0 Å². The van der Waals surface area contributed by atoms with Crippen LogP contribution in [0.1, 0.15) is 16.1 Å². The molecule has 0 atom stereocenters. The van der Waals surface area contributed by atoms with Crippen LogP contribution in [0.2, 0.25) is 0 Å². The Kier molecular flexibility index (Phi) is 4.86. The normalized spacial score (nSPS) is 17.3. The number of amidine groups is 1. The number of aliphatic imine (C=N–C) groups is 1. The first-order valence-corrected chi connectivity index (χ1v) is 8.40. The lowest BCUT2D eigenvalue weighted by molar-refractivity contribution is -0.115. The molecule has 0 aliphatic carbocycles. The summed E-state index contributed by atoms with van der Waals surface area (Å²) in [6, 6.07) is 10.3. The van der Waals surface area contributed by atoms with E-state index in [0.717, 1.165) is 0 Å². The van der Waals surface area contributed by atoms with E-state index >= 15 is 0 Å². The molecule has 8 heteroatoms. The number of amides is 1. The Morgan fingerprint density at radius 3 is 2.83 bits per heavy atom. The number of ether oxygens (including phenoxy) is 1. The van der Waals surface area contributed by atoms with Gasteiger partial charge in [0.15, 0.2) is 9.84 Å². The summed E-state index contributed by atoms with van der Waals surface area (Å²) in [5.41, 5.74) is 0.754. The Morgan fingerprint density at radius 2 is 2.12 bits per heavy atom. The first-order chi connectivity index (χ1) is 11.6. The van der Waals surface area contributed by atoms with E-state index in [9.17, 15) is 9.59 Å². The molecule has 1 aromatic heterocycles. The Labute approximate surface area is 150 Å². The van der Waals surface area contributed by atoms with Gasteiger partial charge in [-0.15, -0.1) is 0 Å². The third-order valence-corrected chi connectivity index (χ3v) is 4.39. The van der Waals surface area contributed by atoms with E-state index in [2.05, 4.69) is 26.2 Å². The van der Waals surface area contributed by atoms with Crippen molar-refractivity contribution in [3.8, 4) is 0 Å². The second-order valence-corrected chi connectivity index (χ2v) is 6.44. The summed E-state index contributed by atoms with van der Waals surface area (Å²) in [7, 11) is 1.31. The summed E-state index contributed by atoms with van der Waals surface area (Å²) >= 11 is 4.38. The lowest BCUT2D eigenvalue weighted by Gasteiger charge is -2.03. The van der Waals surface area contributed by atoms with Crippen LogP contribution in [0, 0.1) is 0 Å². The number of hydrogen-bond donors (Lipinski definition) is 1. The largest absolute Gasteiger partial charge is 0.465 e. The van der Waals surface area contributed by atoms with Crippen molar-refractivity contribution in [3.05, 3.63) is 57.3 Å². The van der Waals surface area contributed by atoms with E-state index in [1.165, 1.54) is 18.9 Å². The predicted molar refractivity (Wildman–Crippen MR) is 95.0 cm³/mol. The number of hydrogen-bond acceptors (Lipinski definition) is 6. The van der Waals surface area contributed by atoms with E-state index in [1.807, 2.05) is 0 Å². The Hall–Kier alpha value is -2.32. The summed E-state index contributed by atoms with van der Waals surface area (Å²) in [4.78, 5) is 28.6. The summed E-state index contributed by atoms with van der Waals surface area (Å²) < 4.78 is 10.7. The predicted octanol–water partition coefficient (Wildman–Crippen LogP) is 3.72. The van der Waals surface area contributed by atoms with Gasteiger partial charge in [0.05, 0.1) is 23.3 Å². The summed E-state index contributed by atoms with van der Waals surface area (Å²) in [5.74, 6) is -0.210. The van der Waals surface area contributed by atoms with Crippen molar-refractivity contribution in [1.82, 2.24) is 5.32 Å². The molecule has 122 valence electrons. The van der Waals surface area contributed by atoms with Gasteiger partial charge in [-0.2, -0.15) is 0 Å². The van der Waals surface area contributed by atoms with Crippen LogP contribution in [-0.2, 0) is 9.53 Å². The highest BCUT2D eigenvalue weighted by molar-refractivity contribution is 9.10. The zero-order valence-electron chi connectivity index (χ0n) is 12.4. The molecule has 0 unspecified atom stereocenters. The fourth-order valence-electron chi connectivity index (χ4n) is 1.98. The number of nitrogens with zero attached hydrogens (tertiary/aromatic N) is 1. The number of methoxy groups -OCH3 is 1. The number of carbonyl (C=O) groups excluding carboxylic acids is 2. The minimum atomic E-state index is -0.486. The van der Waals surface area contributed by atoms with Crippen LogP contribution in [0.15, 0.2) is 55.4 Å². The molecule has 1 amide bonds. The van der Waals surface area contributed by atoms with Gasteiger partial charge in [0.25, 0.3) is 5.91 Å². The number of carbonyl (C=O) groups is 2. The standard InChI is InChI=1S/C16H11BrN2O4S/c1-22-15(21)10-4-2-3-5-11(10)18-16-19-14(20)12(24-16)8-9-6-7-13(17)23-9/h2-8H,1H3,(H,18,19,20)/b12-8+. The second-order valence-electron chi connectivity index (χ2n) is 4.63. The van der Waals surface area contributed by atoms with Crippen LogP contribution in [0.3, 0.4) is 0 Å². The molecule has 0 bridgehead atoms. The van der Waals surface area contributed by atoms with Crippen LogP contribution < -0.4 is 5.32 Å². The molecule has 1 saturated heterocycles. The van der Waals surface area contributed by atoms with Crippen LogP contribution in [0.4, 0.5) is 5.69 Å². The molecule has 0 radical (unpaired) electrons. The lowest BCUT2D eigenvalue weighted by Crippen LogP contribution is -2.19. The molecule has 0 spiro atoms. The van der Waals surface area contributed by atoms with Gasteiger partial charge in [0.1, 0.15) is 5.76 Å². The number of nitrogens with one attached hydrogen (secondary N) is 1. The number of esters is 1. The van der Waals surface area contributed by atoms with Crippen LogP contribution in [0.5, 0.6) is 0 Å². The zero-order valence-corrected chi connectivity index (χ0v) is 14.8. The van der Waals surface area contributed by atoms with E-state index < -0.39 is 5.97 Å². The summed E-state index contributed by atoms with van der Waals surface area (Å²) in [6.45, 7) is 0. The van der Waals surface area contributed by atoms with Crippen LogP contribution in [0.25, 0.3) is 6.08 Å². The fraction of sp³-hybridized carbons (Fsp3) is 0.0625. The second kappa shape index (κ2) is 7.06. The third-order valence-electron chi connectivity index (χ3n) is 3.05. The molecule has 24 heavy (non-hydrogen) atoms. The summed E-state index contributed by atoms with van der Waals surface area (Å²) in [6.07, 6.45) is 1.62. The monoisotopic (exact) mass is 406 g/mol. The first kappa shape index (κ1) is 16.5. The van der Waals surface area contributed by atoms with Crippen molar-refractivity contribution in [2.75, 3.05) is 7.11 Å². The van der Waals surface area contributed by atoms with E-state index in [1.54, 1.807) is 42.5 Å². The highest BCUT2D eigenvalue weighted by Crippen LogP contribution is 2.30. The molecule has 0 saturated carbocycles. The molecular formula is C16H11BrN2O4S. The summed E-state index contributed by atoms with van der Waals surface area (Å²) in [5, 5.41) is 3.05. The molecule has 6 nitrogen and oxygen atoms in total. The number of benzene rings is 1. The Morgan fingerprint density at radius 1 is 1.33 bits per heavy atom. The average molecular weight is 407 g/mol. The third kappa shape index (κ3) is 3.60. The van der Waals surface area contributed by atoms with E-state index in [0.29, 0.717) is 31.8 Å². The Bertz CT molecular complexity index is 872. The topological polar surface area (TPSA) is 80.9 Å². The maximum Gasteiger partial charge on any atom is 0.340 e. The average Bonchev–Trinajstić information content (AvgIpc) is 3.13. The van der Waals surface area contributed by atoms with Crippen molar-refractivity contribution in [1.29, 1.82) is 0 Å². The van der Waals surface area contributed by atoms with Gasteiger partial charge in [0, 0.05) is 6.08 Å². The molecule has 1 fully saturated rings. The highest BCUT2D eigenvalue weighted by Gasteiger charge is 2.25. The molecule has 1 aliphatic rings. The van der Waals surface area contributed by atoms with E-state index in [-0.39, 0.29) is 5.91 Å². The molecule has 2 heterocycles. The minimum Gasteiger partial charge on any atom is -0.465 e.